The molecule has 0 radical (unpaired) electrons. The average molecular weight is 399 g/mol. The molecule has 0 N–H and O–H groups in total. The molecule has 2 fully saturated rings. The van der Waals surface area contributed by atoms with E-state index in [9.17, 15) is 13.2 Å². The zero-order chi connectivity index (χ0) is 19.6. The predicted octanol–water partition coefficient (Wildman–Crippen LogP) is 2.15. The summed E-state index contributed by atoms with van der Waals surface area (Å²) < 4.78 is 23.5. The van der Waals surface area contributed by atoms with Gasteiger partial charge in [-0.25, -0.2) is 8.42 Å². The quantitative estimate of drug-likeness (QED) is 0.792. The minimum Gasteiger partial charge on any atom is -0.339 e. The maximum absolute atomic E-state index is 13.4. The molecule has 4 rings (SSSR count). The summed E-state index contributed by atoms with van der Waals surface area (Å²) in [5.41, 5.74) is 2.01. The van der Waals surface area contributed by atoms with Crippen molar-refractivity contribution in [2.45, 2.75) is 18.4 Å². The SMILES string of the molecule is O=C(C(c1ccccc1)c1ccccc1)N1CCN(C2CCS(=O)(=O)C2)CC1. The molecule has 0 aliphatic carbocycles. The summed E-state index contributed by atoms with van der Waals surface area (Å²) >= 11 is 0. The van der Waals surface area contributed by atoms with Crippen LogP contribution in [0, 0.1) is 0 Å². The Kier molecular flexibility index (Phi) is 5.51. The molecule has 0 aromatic heterocycles. The summed E-state index contributed by atoms with van der Waals surface area (Å²) in [6.07, 6.45) is 0.715. The van der Waals surface area contributed by atoms with Crippen molar-refractivity contribution in [3.05, 3.63) is 71.8 Å². The van der Waals surface area contributed by atoms with Crippen LogP contribution >= 0.6 is 0 Å². The lowest BCUT2D eigenvalue weighted by Gasteiger charge is -2.39. The minimum atomic E-state index is -2.88. The van der Waals surface area contributed by atoms with E-state index in [0.717, 1.165) is 24.2 Å². The van der Waals surface area contributed by atoms with Crippen LogP contribution in [0.4, 0.5) is 0 Å². The maximum Gasteiger partial charge on any atom is 0.234 e. The molecular formula is C22H26N2O3S. The summed E-state index contributed by atoms with van der Waals surface area (Å²) in [5.74, 6) is 0.371. The third-order valence-corrected chi connectivity index (χ3v) is 7.61. The Morgan fingerprint density at radius 2 is 1.39 bits per heavy atom. The molecule has 5 nitrogen and oxygen atoms in total. The number of hydrogen-bond acceptors (Lipinski definition) is 4. The van der Waals surface area contributed by atoms with E-state index in [1.165, 1.54) is 0 Å². The molecule has 2 aliphatic rings. The van der Waals surface area contributed by atoms with E-state index >= 15 is 0 Å². The normalized spacial score (nSPS) is 22.5. The first-order valence-corrected chi connectivity index (χ1v) is 11.7. The van der Waals surface area contributed by atoms with Crippen LogP contribution in [-0.2, 0) is 14.6 Å². The van der Waals surface area contributed by atoms with Crippen molar-refractivity contribution in [3.8, 4) is 0 Å². The molecule has 2 aliphatic heterocycles. The second kappa shape index (κ2) is 8.05. The van der Waals surface area contributed by atoms with E-state index in [4.69, 9.17) is 0 Å². The Hall–Kier alpha value is -2.18. The fraction of sp³-hybridized carbons (Fsp3) is 0.409. The monoisotopic (exact) mass is 398 g/mol. The molecule has 2 saturated heterocycles. The van der Waals surface area contributed by atoms with Gasteiger partial charge in [-0.15, -0.1) is 0 Å². The molecule has 1 unspecified atom stereocenters. The predicted molar refractivity (Wildman–Crippen MR) is 110 cm³/mol. The fourth-order valence-electron chi connectivity index (χ4n) is 4.32. The first-order chi connectivity index (χ1) is 13.5. The molecule has 0 spiro atoms. The Morgan fingerprint density at radius 1 is 0.857 bits per heavy atom. The van der Waals surface area contributed by atoms with Gasteiger partial charge in [-0.3, -0.25) is 9.69 Å². The molecule has 0 bridgehead atoms. The highest BCUT2D eigenvalue weighted by Gasteiger charge is 2.35. The molecule has 28 heavy (non-hydrogen) atoms. The Bertz CT molecular complexity index is 868. The number of carbonyl (C=O) groups excluding carboxylic acids is 1. The van der Waals surface area contributed by atoms with Gasteiger partial charge in [0.2, 0.25) is 5.91 Å². The van der Waals surface area contributed by atoms with Crippen molar-refractivity contribution in [2.75, 3.05) is 37.7 Å². The summed E-state index contributed by atoms with van der Waals surface area (Å²) in [5, 5.41) is 0. The zero-order valence-electron chi connectivity index (χ0n) is 15.9. The third kappa shape index (κ3) is 4.13. The Labute approximate surface area is 166 Å². The van der Waals surface area contributed by atoms with Gasteiger partial charge in [0.1, 0.15) is 0 Å². The molecular weight excluding hydrogens is 372 g/mol. The van der Waals surface area contributed by atoms with Gasteiger partial charge in [0.15, 0.2) is 9.84 Å². The van der Waals surface area contributed by atoms with Gasteiger partial charge in [-0.05, 0) is 17.5 Å². The van der Waals surface area contributed by atoms with Crippen molar-refractivity contribution >= 4 is 15.7 Å². The van der Waals surface area contributed by atoms with Gasteiger partial charge in [0.25, 0.3) is 0 Å². The summed E-state index contributed by atoms with van der Waals surface area (Å²) in [6.45, 7) is 2.77. The Morgan fingerprint density at radius 3 is 1.86 bits per heavy atom. The molecule has 6 heteroatoms. The number of benzene rings is 2. The van der Waals surface area contributed by atoms with Crippen LogP contribution in [0.15, 0.2) is 60.7 Å². The number of sulfone groups is 1. The molecule has 2 heterocycles. The molecule has 2 aromatic carbocycles. The van der Waals surface area contributed by atoms with Gasteiger partial charge in [-0.1, -0.05) is 60.7 Å². The van der Waals surface area contributed by atoms with E-state index in [-0.39, 0.29) is 23.6 Å². The summed E-state index contributed by atoms with van der Waals surface area (Å²) in [6, 6.07) is 20.0. The highest BCUT2D eigenvalue weighted by Crippen LogP contribution is 2.28. The fourth-order valence-corrected chi connectivity index (χ4v) is 6.08. The van der Waals surface area contributed by atoms with Crippen molar-refractivity contribution < 1.29 is 13.2 Å². The maximum atomic E-state index is 13.4. The van der Waals surface area contributed by atoms with Crippen molar-refractivity contribution in [1.82, 2.24) is 9.80 Å². The number of carbonyl (C=O) groups is 1. The highest BCUT2D eigenvalue weighted by atomic mass is 32.2. The number of nitrogens with zero attached hydrogens (tertiary/aromatic N) is 2. The van der Waals surface area contributed by atoms with Crippen molar-refractivity contribution in [3.63, 3.8) is 0 Å². The van der Waals surface area contributed by atoms with Gasteiger partial charge >= 0.3 is 0 Å². The number of amides is 1. The first-order valence-electron chi connectivity index (χ1n) is 9.87. The standard InChI is InChI=1S/C22H26N2O3S/c25-22(21(18-7-3-1-4-8-18)19-9-5-2-6-10-19)24-14-12-23(13-15-24)20-11-16-28(26,27)17-20/h1-10,20-21H,11-17H2. The van der Waals surface area contributed by atoms with E-state index in [0.29, 0.717) is 25.3 Å². The minimum absolute atomic E-state index is 0.112. The van der Waals surface area contributed by atoms with Crippen LogP contribution in [-0.4, -0.2) is 67.9 Å². The lowest BCUT2D eigenvalue weighted by atomic mass is 9.90. The lowest BCUT2D eigenvalue weighted by Crippen LogP contribution is -2.53. The van der Waals surface area contributed by atoms with E-state index < -0.39 is 9.84 Å². The average Bonchev–Trinajstić information content (AvgIpc) is 3.10. The lowest BCUT2D eigenvalue weighted by molar-refractivity contribution is -0.133. The molecule has 148 valence electrons. The van der Waals surface area contributed by atoms with Gasteiger partial charge in [0.05, 0.1) is 17.4 Å². The summed E-state index contributed by atoms with van der Waals surface area (Å²) in [4.78, 5) is 17.6. The highest BCUT2D eigenvalue weighted by molar-refractivity contribution is 7.91. The van der Waals surface area contributed by atoms with E-state index in [2.05, 4.69) is 4.90 Å². The second-order valence-electron chi connectivity index (χ2n) is 7.67. The number of hydrogen-bond donors (Lipinski definition) is 0. The third-order valence-electron chi connectivity index (χ3n) is 5.86. The molecule has 2 aromatic rings. The second-order valence-corrected chi connectivity index (χ2v) is 9.90. The van der Waals surface area contributed by atoms with Crippen LogP contribution in [0.2, 0.25) is 0 Å². The smallest absolute Gasteiger partial charge is 0.234 e. The summed E-state index contributed by atoms with van der Waals surface area (Å²) in [7, 11) is -2.88. The van der Waals surface area contributed by atoms with Crippen molar-refractivity contribution in [2.24, 2.45) is 0 Å². The first kappa shape index (κ1) is 19.2. The Balaban J connectivity index is 1.48. The molecule has 1 atom stereocenters. The zero-order valence-corrected chi connectivity index (χ0v) is 16.7. The van der Waals surface area contributed by atoms with Crippen LogP contribution in [0.25, 0.3) is 0 Å². The van der Waals surface area contributed by atoms with Gasteiger partial charge < -0.3 is 4.90 Å². The van der Waals surface area contributed by atoms with Gasteiger partial charge in [-0.2, -0.15) is 0 Å². The van der Waals surface area contributed by atoms with Crippen LogP contribution in [0.3, 0.4) is 0 Å². The van der Waals surface area contributed by atoms with Gasteiger partial charge in [0, 0.05) is 32.2 Å². The largest absolute Gasteiger partial charge is 0.339 e. The van der Waals surface area contributed by atoms with Crippen LogP contribution in [0.5, 0.6) is 0 Å². The topological polar surface area (TPSA) is 57.7 Å². The van der Waals surface area contributed by atoms with E-state index in [1.807, 2.05) is 65.6 Å². The number of rotatable bonds is 4. The molecule has 0 saturated carbocycles. The van der Waals surface area contributed by atoms with Crippen molar-refractivity contribution in [1.29, 1.82) is 0 Å². The number of piperazine rings is 1. The molecule has 1 amide bonds. The van der Waals surface area contributed by atoms with Crippen LogP contribution < -0.4 is 0 Å². The van der Waals surface area contributed by atoms with E-state index in [1.54, 1.807) is 0 Å². The van der Waals surface area contributed by atoms with Crippen LogP contribution in [0.1, 0.15) is 23.5 Å².